The third-order valence-electron chi connectivity index (χ3n) is 2.49. The van der Waals surface area contributed by atoms with Gasteiger partial charge in [0.25, 0.3) is 5.91 Å². The molecule has 0 spiro atoms. The number of pyridine rings is 1. The van der Waals surface area contributed by atoms with E-state index >= 15 is 0 Å². The van der Waals surface area contributed by atoms with Gasteiger partial charge in [-0.1, -0.05) is 0 Å². The van der Waals surface area contributed by atoms with Crippen molar-refractivity contribution in [3.05, 3.63) is 52.5 Å². The van der Waals surface area contributed by atoms with E-state index in [4.69, 9.17) is 0 Å². The summed E-state index contributed by atoms with van der Waals surface area (Å²) in [4.78, 5) is 26.9. The van der Waals surface area contributed by atoms with Gasteiger partial charge in [-0.15, -0.1) is 0 Å². The molecule has 2 N–H and O–H groups in total. The lowest BCUT2D eigenvalue weighted by Crippen LogP contribution is -2.15. The Morgan fingerprint density at radius 2 is 1.95 bits per heavy atom. The fourth-order valence-electron chi connectivity index (χ4n) is 1.60. The van der Waals surface area contributed by atoms with Crippen molar-refractivity contribution in [3.63, 3.8) is 0 Å². The highest BCUT2D eigenvalue weighted by Gasteiger charge is 2.11. The number of hydrogen-bond donors (Lipinski definition) is 2. The number of rotatable bonds is 3. The number of hydrogen-bond acceptors (Lipinski definition) is 3. The van der Waals surface area contributed by atoms with Crippen LogP contribution >= 0.6 is 15.9 Å². The van der Waals surface area contributed by atoms with Crippen molar-refractivity contribution in [2.24, 2.45) is 0 Å². The third kappa shape index (κ3) is 4.09. The summed E-state index contributed by atoms with van der Waals surface area (Å²) in [7, 11) is 0. The van der Waals surface area contributed by atoms with Crippen molar-refractivity contribution in [1.29, 1.82) is 0 Å². The molecule has 0 saturated heterocycles. The zero-order chi connectivity index (χ0) is 15.4. The molecule has 0 atom stereocenters. The maximum absolute atomic E-state index is 13.7. The minimum absolute atomic E-state index is 0.0315. The molecule has 21 heavy (non-hydrogen) atoms. The largest absolute Gasteiger partial charge is 0.326 e. The van der Waals surface area contributed by atoms with Crippen LogP contribution in [0.4, 0.5) is 15.8 Å². The van der Waals surface area contributed by atoms with E-state index in [2.05, 4.69) is 31.5 Å². The first-order valence-electron chi connectivity index (χ1n) is 5.96. The number of aromatic nitrogens is 1. The Kier molecular flexibility index (Phi) is 4.64. The maximum atomic E-state index is 13.7. The van der Waals surface area contributed by atoms with Gasteiger partial charge in [0.05, 0.1) is 5.69 Å². The van der Waals surface area contributed by atoms with Crippen LogP contribution in [0.3, 0.4) is 0 Å². The topological polar surface area (TPSA) is 71.1 Å². The van der Waals surface area contributed by atoms with Gasteiger partial charge in [0.1, 0.15) is 11.5 Å². The van der Waals surface area contributed by atoms with Crippen molar-refractivity contribution in [1.82, 2.24) is 4.98 Å². The Bertz CT molecular complexity index is 689. The van der Waals surface area contributed by atoms with Crippen LogP contribution < -0.4 is 10.6 Å². The van der Waals surface area contributed by atoms with E-state index in [1.165, 1.54) is 31.3 Å². The summed E-state index contributed by atoms with van der Waals surface area (Å²) in [6, 6.07) is 7.08. The molecule has 0 aliphatic rings. The zero-order valence-corrected chi connectivity index (χ0v) is 12.6. The lowest BCUT2D eigenvalue weighted by Gasteiger charge is -2.09. The first-order chi connectivity index (χ1) is 9.95. The zero-order valence-electron chi connectivity index (χ0n) is 11.0. The second-order valence-electron chi connectivity index (χ2n) is 4.19. The van der Waals surface area contributed by atoms with Gasteiger partial charge < -0.3 is 10.6 Å². The van der Waals surface area contributed by atoms with Gasteiger partial charge in [-0.3, -0.25) is 9.59 Å². The number of benzene rings is 1. The van der Waals surface area contributed by atoms with E-state index in [0.717, 1.165) is 10.5 Å². The van der Waals surface area contributed by atoms with Gasteiger partial charge in [0, 0.05) is 23.3 Å². The third-order valence-corrected chi connectivity index (χ3v) is 2.96. The molecule has 0 saturated carbocycles. The van der Waals surface area contributed by atoms with Crippen molar-refractivity contribution in [3.8, 4) is 0 Å². The molecule has 2 aromatic rings. The highest BCUT2D eigenvalue weighted by molar-refractivity contribution is 9.10. The number of carbonyl (C=O) groups is 2. The van der Waals surface area contributed by atoms with E-state index in [1.54, 1.807) is 6.07 Å². The van der Waals surface area contributed by atoms with Crippen LogP contribution in [0.5, 0.6) is 0 Å². The maximum Gasteiger partial charge on any atom is 0.274 e. The summed E-state index contributed by atoms with van der Waals surface area (Å²) < 4.78 is 14.4. The second kappa shape index (κ2) is 6.45. The average molecular weight is 352 g/mol. The Labute approximate surface area is 128 Å². The van der Waals surface area contributed by atoms with Crippen LogP contribution in [-0.2, 0) is 4.79 Å². The van der Waals surface area contributed by atoms with E-state index in [-0.39, 0.29) is 17.3 Å². The minimum Gasteiger partial charge on any atom is -0.326 e. The molecular weight excluding hydrogens is 341 g/mol. The number of nitrogens with zero attached hydrogens (tertiary/aromatic N) is 1. The van der Waals surface area contributed by atoms with Crippen LogP contribution in [0, 0.1) is 5.82 Å². The van der Waals surface area contributed by atoms with E-state index < -0.39 is 11.7 Å². The lowest BCUT2D eigenvalue weighted by molar-refractivity contribution is -0.114. The van der Waals surface area contributed by atoms with Gasteiger partial charge in [-0.2, -0.15) is 0 Å². The molecule has 0 unspecified atom stereocenters. The molecule has 1 heterocycles. The number of carbonyl (C=O) groups excluding carboxylic acids is 2. The Hall–Kier alpha value is -2.28. The predicted molar refractivity (Wildman–Crippen MR) is 80.6 cm³/mol. The summed E-state index contributed by atoms with van der Waals surface area (Å²) in [5, 5.41) is 4.93. The van der Waals surface area contributed by atoms with Gasteiger partial charge in [0.15, 0.2) is 0 Å². The summed E-state index contributed by atoms with van der Waals surface area (Å²) in [6.45, 7) is 1.34. The quantitative estimate of drug-likeness (QED) is 0.891. The molecule has 2 amide bonds. The van der Waals surface area contributed by atoms with E-state index in [0.29, 0.717) is 5.69 Å². The Balaban J connectivity index is 2.20. The second-order valence-corrected chi connectivity index (χ2v) is 5.11. The molecule has 1 aromatic carbocycles. The first-order valence-corrected chi connectivity index (χ1v) is 6.75. The number of nitrogens with one attached hydrogen (secondary N) is 2. The molecule has 2 rings (SSSR count). The average Bonchev–Trinajstić information content (AvgIpc) is 2.42. The fraction of sp³-hybridized carbons (Fsp3) is 0.0714. The molecule has 0 fully saturated rings. The monoisotopic (exact) mass is 351 g/mol. The van der Waals surface area contributed by atoms with E-state index in [1.807, 2.05) is 0 Å². The van der Waals surface area contributed by atoms with Crippen molar-refractivity contribution in [2.45, 2.75) is 6.92 Å². The van der Waals surface area contributed by atoms with Crippen LogP contribution in [0.25, 0.3) is 0 Å². The molecule has 0 radical (unpaired) electrons. The minimum atomic E-state index is -0.602. The lowest BCUT2D eigenvalue weighted by atomic mass is 10.2. The molecule has 0 aliphatic carbocycles. The van der Waals surface area contributed by atoms with Crippen molar-refractivity contribution < 1.29 is 14.0 Å². The van der Waals surface area contributed by atoms with E-state index in [9.17, 15) is 14.0 Å². The normalized spacial score (nSPS) is 10.0. The molecule has 0 aliphatic heterocycles. The first kappa shape index (κ1) is 15.1. The smallest absolute Gasteiger partial charge is 0.274 e. The molecular formula is C14H11BrFN3O2. The molecule has 0 bridgehead atoms. The van der Waals surface area contributed by atoms with Crippen LogP contribution in [0.15, 0.2) is 41.0 Å². The summed E-state index contributed by atoms with van der Waals surface area (Å²) >= 11 is 3.21. The van der Waals surface area contributed by atoms with Crippen LogP contribution in [0.2, 0.25) is 0 Å². The molecule has 1 aromatic heterocycles. The molecule has 108 valence electrons. The fourth-order valence-corrected chi connectivity index (χ4v) is 1.83. The Morgan fingerprint density at radius 3 is 2.57 bits per heavy atom. The van der Waals surface area contributed by atoms with Gasteiger partial charge in [0.2, 0.25) is 5.91 Å². The SMILES string of the molecule is CC(=O)Nc1ccc(F)c(NC(=O)c2ccc(Br)cn2)c1. The van der Waals surface area contributed by atoms with Crippen molar-refractivity contribution in [2.75, 3.05) is 10.6 Å². The highest BCUT2D eigenvalue weighted by atomic mass is 79.9. The van der Waals surface area contributed by atoms with Gasteiger partial charge >= 0.3 is 0 Å². The Morgan fingerprint density at radius 1 is 1.19 bits per heavy atom. The highest BCUT2D eigenvalue weighted by Crippen LogP contribution is 2.20. The van der Waals surface area contributed by atoms with Crippen LogP contribution in [-0.4, -0.2) is 16.8 Å². The summed E-state index contributed by atoms with van der Waals surface area (Å²) in [5.41, 5.74) is 0.515. The summed E-state index contributed by atoms with van der Waals surface area (Å²) in [6.07, 6.45) is 1.47. The van der Waals surface area contributed by atoms with Crippen molar-refractivity contribution >= 4 is 39.1 Å². The number of amides is 2. The van der Waals surface area contributed by atoms with Crippen LogP contribution in [0.1, 0.15) is 17.4 Å². The number of anilines is 2. The molecule has 5 nitrogen and oxygen atoms in total. The molecule has 7 heteroatoms. The summed E-state index contributed by atoms with van der Waals surface area (Å²) in [5.74, 6) is -1.43. The standard InChI is InChI=1S/C14H11BrFN3O2/c1-8(20)18-10-3-4-11(16)13(6-10)19-14(21)12-5-2-9(15)7-17-12/h2-7H,1H3,(H,18,20)(H,19,21). The predicted octanol–water partition coefficient (Wildman–Crippen LogP) is 3.19. The number of halogens is 2. The van der Waals surface area contributed by atoms with Gasteiger partial charge in [-0.25, -0.2) is 9.37 Å². The van der Waals surface area contributed by atoms with Gasteiger partial charge in [-0.05, 0) is 46.3 Å².